The quantitative estimate of drug-likeness (QED) is 0.546. The molecule has 1 heterocycles. The van der Waals surface area contributed by atoms with Gasteiger partial charge in [0.2, 0.25) is 0 Å². The maximum atomic E-state index is 13.3. The normalized spacial score (nSPS) is 11.8. The lowest BCUT2D eigenvalue weighted by Gasteiger charge is -2.20. The maximum Gasteiger partial charge on any atom is 0.161 e. The summed E-state index contributed by atoms with van der Waals surface area (Å²) in [6.45, 7) is 6.13. The average molecular weight is 423 g/mol. The van der Waals surface area contributed by atoms with E-state index in [2.05, 4.69) is 41.8 Å². The van der Waals surface area contributed by atoms with Crippen LogP contribution in [0.15, 0.2) is 27.1 Å². The number of hydrogen-bond acceptors (Lipinski definition) is 2. The van der Waals surface area contributed by atoms with Gasteiger partial charge in [0.15, 0.2) is 5.82 Å². The zero-order chi connectivity index (χ0) is 15.1. The van der Waals surface area contributed by atoms with E-state index < -0.39 is 0 Å². The summed E-state index contributed by atoms with van der Waals surface area (Å²) in [5.74, 6) is 0.150. The molecule has 0 fully saturated rings. The first-order valence-corrected chi connectivity index (χ1v) is 7.85. The molecule has 2 nitrogen and oxygen atoms in total. The van der Waals surface area contributed by atoms with Gasteiger partial charge in [-0.2, -0.15) is 0 Å². The molecule has 20 heavy (non-hydrogen) atoms. The summed E-state index contributed by atoms with van der Waals surface area (Å²) in [5, 5.41) is 0.348. The summed E-state index contributed by atoms with van der Waals surface area (Å²) in [7, 11) is 0. The van der Waals surface area contributed by atoms with Gasteiger partial charge in [0.1, 0.15) is 11.0 Å². The van der Waals surface area contributed by atoms with Crippen molar-refractivity contribution in [3.63, 3.8) is 0 Å². The van der Waals surface area contributed by atoms with Crippen LogP contribution in [0.5, 0.6) is 0 Å². The van der Waals surface area contributed by atoms with Crippen LogP contribution in [0, 0.1) is 5.82 Å². The summed E-state index contributed by atoms with van der Waals surface area (Å²) in [4.78, 5) is 8.81. The lowest BCUT2D eigenvalue weighted by molar-refractivity contribution is 0.564. The van der Waals surface area contributed by atoms with E-state index >= 15 is 0 Å². The Morgan fingerprint density at radius 2 is 1.80 bits per heavy atom. The van der Waals surface area contributed by atoms with E-state index in [1.807, 2.05) is 20.8 Å². The zero-order valence-electron chi connectivity index (χ0n) is 11.1. The van der Waals surface area contributed by atoms with E-state index in [-0.39, 0.29) is 11.2 Å². The van der Waals surface area contributed by atoms with Gasteiger partial charge in [0.25, 0.3) is 0 Å². The molecule has 0 saturated heterocycles. The third kappa shape index (κ3) is 3.21. The maximum absolute atomic E-state index is 13.3. The molecule has 0 unspecified atom stereocenters. The number of aromatic nitrogens is 2. The molecule has 0 saturated carbocycles. The Balaban J connectivity index is 2.63. The first-order valence-electron chi connectivity index (χ1n) is 5.89. The summed E-state index contributed by atoms with van der Waals surface area (Å²) in [6.07, 6.45) is 0. The molecule has 1 aromatic heterocycles. The highest BCUT2D eigenvalue weighted by atomic mass is 79.9. The molecule has 6 heteroatoms. The van der Waals surface area contributed by atoms with Gasteiger partial charge in [-0.15, -0.1) is 0 Å². The van der Waals surface area contributed by atoms with Gasteiger partial charge in [-0.25, -0.2) is 14.4 Å². The van der Waals surface area contributed by atoms with Crippen molar-refractivity contribution in [1.82, 2.24) is 9.97 Å². The van der Waals surface area contributed by atoms with Crippen molar-refractivity contribution in [3.8, 4) is 11.4 Å². The Kier molecular flexibility index (Phi) is 4.52. The minimum atomic E-state index is -0.326. The van der Waals surface area contributed by atoms with E-state index in [0.717, 1.165) is 5.69 Å². The van der Waals surface area contributed by atoms with Crippen molar-refractivity contribution in [3.05, 3.63) is 43.8 Å². The Morgan fingerprint density at radius 3 is 2.35 bits per heavy atom. The van der Waals surface area contributed by atoms with Gasteiger partial charge in [-0.3, -0.25) is 0 Å². The van der Waals surface area contributed by atoms with E-state index in [1.54, 1.807) is 12.1 Å². The van der Waals surface area contributed by atoms with E-state index in [4.69, 9.17) is 11.6 Å². The third-order valence-corrected chi connectivity index (χ3v) is 4.56. The van der Waals surface area contributed by atoms with E-state index in [0.29, 0.717) is 25.5 Å². The minimum Gasteiger partial charge on any atom is -0.231 e. The van der Waals surface area contributed by atoms with E-state index in [9.17, 15) is 4.39 Å². The second-order valence-corrected chi connectivity index (χ2v) is 7.38. The fraction of sp³-hybridized carbons (Fsp3) is 0.286. The van der Waals surface area contributed by atoms with Crippen LogP contribution in [-0.2, 0) is 5.41 Å². The molecule has 106 valence electrons. The molecular formula is C14H12Br2ClFN2. The minimum absolute atomic E-state index is 0.183. The summed E-state index contributed by atoms with van der Waals surface area (Å²) < 4.78 is 14.4. The number of halogens is 4. The Hall–Kier alpha value is -0.520. The van der Waals surface area contributed by atoms with E-state index in [1.165, 1.54) is 6.07 Å². The van der Waals surface area contributed by atoms with Crippen molar-refractivity contribution < 1.29 is 4.39 Å². The van der Waals surface area contributed by atoms with Gasteiger partial charge in [0.05, 0.1) is 14.6 Å². The molecule has 0 aliphatic rings. The van der Waals surface area contributed by atoms with Crippen LogP contribution in [0.2, 0.25) is 5.15 Å². The first kappa shape index (κ1) is 15.9. The molecule has 2 aromatic rings. The molecule has 0 bridgehead atoms. The van der Waals surface area contributed by atoms with Crippen molar-refractivity contribution in [2.75, 3.05) is 0 Å². The molecule has 0 aliphatic carbocycles. The van der Waals surface area contributed by atoms with Crippen LogP contribution in [-0.4, -0.2) is 9.97 Å². The lowest BCUT2D eigenvalue weighted by atomic mass is 9.92. The van der Waals surface area contributed by atoms with Crippen LogP contribution >= 0.6 is 43.5 Å². The summed E-state index contributed by atoms with van der Waals surface area (Å²) >= 11 is 12.7. The Labute approximate surface area is 139 Å². The SMILES string of the molecule is CC(C)(C)c1nc(-c2ccc(F)c(Br)c2)nc(Cl)c1Br. The van der Waals surface area contributed by atoms with Gasteiger partial charge in [-0.1, -0.05) is 32.4 Å². The second kappa shape index (κ2) is 5.70. The highest BCUT2D eigenvalue weighted by Gasteiger charge is 2.23. The predicted octanol–water partition coefficient (Wildman–Crippen LogP) is 5.76. The fourth-order valence-electron chi connectivity index (χ4n) is 1.68. The van der Waals surface area contributed by atoms with Crippen LogP contribution in [0.25, 0.3) is 11.4 Å². The van der Waals surface area contributed by atoms with Crippen molar-refractivity contribution >= 4 is 43.5 Å². The Morgan fingerprint density at radius 1 is 1.15 bits per heavy atom. The van der Waals surface area contributed by atoms with Crippen molar-refractivity contribution in [1.29, 1.82) is 0 Å². The summed E-state index contributed by atoms with van der Waals surface area (Å²) in [6, 6.07) is 4.64. The smallest absolute Gasteiger partial charge is 0.161 e. The molecule has 1 aromatic carbocycles. The Bertz CT molecular complexity index is 669. The second-order valence-electron chi connectivity index (χ2n) is 5.38. The average Bonchev–Trinajstić information content (AvgIpc) is 2.34. The molecule has 0 aliphatic heterocycles. The molecular weight excluding hydrogens is 410 g/mol. The highest BCUT2D eigenvalue weighted by molar-refractivity contribution is 9.10. The molecule has 2 rings (SSSR count). The third-order valence-electron chi connectivity index (χ3n) is 2.70. The number of benzene rings is 1. The number of rotatable bonds is 1. The molecule has 0 N–H and O–H groups in total. The first-order chi connectivity index (χ1) is 9.20. The summed E-state index contributed by atoms with van der Waals surface area (Å²) in [5.41, 5.74) is 1.34. The fourth-order valence-corrected chi connectivity index (χ4v) is 3.00. The number of nitrogens with zero attached hydrogens (tertiary/aromatic N) is 2. The van der Waals surface area contributed by atoms with Gasteiger partial charge in [0, 0.05) is 11.0 Å². The van der Waals surface area contributed by atoms with Crippen LogP contribution in [0.4, 0.5) is 4.39 Å². The zero-order valence-corrected chi connectivity index (χ0v) is 15.1. The molecule has 0 radical (unpaired) electrons. The van der Waals surface area contributed by atoms with Gasteiger partial charge < -0.3 is 0 Å². The molecule has 0 spiro atoms. The number of hydrogen-bond donors (Lipinski definition) is 0. The van der Waals surface area contributed by atoms with Crippen molar-refractivity contribution in [2.45, 2.75) is 26.2 Å². The topological polar surface area (TPSA) is 25.8 Å². The molecule has 0 atom stereocenters. The standard InChI is InChI=1S/C14H12Br2ClFN2/c1-14(2,3)11-10(16)12(17)20-13(19-11)7-4-5-9(18)8(15)6-7/h4-6H,1-3H3. The highest BCUT2D eigenvalue weighted by Crippen LogP contribution is 2.34. The van der Waals surface area contributed by atoms with Gasteiger partial charge in [-0.05, 0) is 50.1 Å². The van der Waals surface area contributed by atoms with Crippen molar-refractivity contribution in [2.24, 2.45) is 0 Å². The van der Waals surface area contributed by atoms with Crippen LogP contribution in [0.1, 0.15) is 26.5 Å². The van der Waals surface area contributed by atoms with Crippen LogP contribution < -0.4 is 0 Å². The van der Waals surface area contributed by atoms with Gasteiger partial charge >= 0.3 is 0 Å². The largest absolute Gasteiger partial charge is 0.231 e. The monoisotopic (exact) mass is 420 g/mol. The van der Waals surface area contributed by atoms with Crippen LogP contribution in [0.3, 0.4) is 0 Å². The molecule has 0 amide bonds. The predicted molar refractivity (Wildman–Crippen MR) is 86.5 cm³/mol. The lowest BCUT2D eigenvalue weighted by Crippen LogP contribution is -2.16.